The first-order valence-electron chi connectivity index (χ1n) is 10.5. The highest BCUT2D eigenvalue weighted by molar-refractivity contribution is 8.00. The van der Waals surface area contributed by atoms with E-state index < -0.39 is 5.25 Å². The molecule has 6 heteroatoms. The average Bonchev–Trinajstić information content (AvgIpc) is 2.77. The Morgan fingerprint density at radius 1 is 0.969 bits per heavy atom. The number of hydrogen-bond acceptors (Lipinski definition) is 4. The minimum atomic E-state index is -0.459. The molecule has 0 aliphatic carbocycles. The van der Waals surface area contributed by atoms with Gasteiger partial charge in [-0.25, -0.2) is 4.98 Å². The predicted molar refractivity (Wildman–Crippen MR) is 132 cm³/mol. The number of hydrogen-bond donors (Lipinski definition) is 1. The van der Waals surface area contributed by atoms with Gasteiger partial charge in [0.05, 0.1) is 21.8 Å². The topological polar surface area (TPSA) is 64.0 Å². The van der Waals surface area contributed by atoms with Crippen molar-refractivity contribution in [3.8, 4) is 5.69 Å². The zero-order chi connectivity index (χ0) is 22.8. The number of rotatable bonds is 5. The highest BCUT2D eigenvalue weighted by Crippen LogP contribution is 2.27. The first kappa shape index (κ1) is 21.8. The zero-order valence-electron chi connectivity index (χ0n) is 18.5. The van der Waals surface area contributed by atoms with Gasteiger partial charge in [-0.05, 0) is 68.7 Å². The maximum Gasteiger partial charge on any atom is 0.266 e. The monoisotopic (exact) mass is 443 g/mol. The SMILES string of the molecule is Cc1ccc(C)c(-n2c(SC(C)C(=O)Nc3ccccc3C)nc3ccccc3c2=O)c1. The van der Waals surface area contributed by atoms with Crippen LogP contribution in [-0.2, 0) is 4.79 Å². The van der Waals surface area contributed by atoms with E-state index in [4.69, 9.17) is 4.98 Å². The lowest BCUT2D eigenvalue weighted by Crippen LogP contribution is -2.26. The van der Waals surface area contributed by atoms with Gasteiger partial charge in [0.2, 0.25) is 5.91 Å². The molecule has 0 bridgehead atoms. The van der Waals surface area contributed by atoms with E-state index in [1.807, 2.05) is 88.4 Å². The fraction of sp³-hybridized carbons (Fsp3) is 0.192. The molecule has 1 N–H and O–H groups in total. The van der Waals surface area contributed by atoms with Gasteiger partial charge in [-0.3, -0.25) is 14.2 Å². The molecule has 1 unspecified atom stereocenters. The number of benzene rings is 3. The minimum absolute atomic E-state index is 0.140. The summed E-state index contributed by atoms with van der Waals surface area (Å²) in [5, 5.41) is 3.57. The Balaban J connectivity index is 1.77. The second-order valence-electron chi connectivity index (χ2n) is 7.91. The van der Waals surface area contributed by atoms with Crippen molar-refractivity contribution in [1.29, 1.82) is 0 Å². The van der Waals surface area contributed by atoms with Crippen molar-refractivity contribution in [3.63, 3.8) is 0 Å². The second kappa shape index (κ2) is 9.01. The average molecular weight is 444 g/mol. The zero-order valence-corrected chi connectivity index (χ0v) is 19.4. The molecule has 0 saturated carbocycles. The molecule has 4 rings (SSSR count). The summed E-state index contributed by atoms with van der Waals surface area (Å²) >= 11 is 1.28. The van der Waals surface area contributed by atoms with E-state index in [1.54, 1.807) is 10.6 Å². The number of fused-ring (bicyclic) bond motifs is 1. The van der Waals surface area contributed by atoms with E-state index in [0.717, 1.165) is 28.1 Å². The molecule has 0 radical (unpaired) electrons. The number of thioether (sulfide) groups is 1. The molecule has 3 aromatic carbocycles. The molecule has 32 heavy (non-hydrogen) atoms. The van der Waals surface area contributed by atoms with E-state index in [-0.39, 0.29) is 11.5 Å². The summed E-state index contributed by atoms with van der Waals surface area (Å²) in [7, 11) is 0. The van der Waals surface area contributed by atoms with Crippen LogP contribution < -0.4 is 10.9 Å². The Hall–Kier alpha value is -3.38. The Morgan fingerprint density at radius 3 is 2.47 bits per heavy atom. The third kappa shape index (κ3) is 4.32. The molecular formula is C26H25N3O2S. The number of aromatic nitrogens is 2. The molecule has 0 aliphatic rings. The van der Waals surface area contributed by atoms with E-state index in [9.17, 15) is 9.59 Å². The summed E-state index contributed by atoms with van der Waals surface area (Å²) in [5.74, 6) is -0.140. The van der Waals surface area contributed by atoms with Gasteiger partial charge in [0.15, 0.2) is 5.16 Å². The van der Waals surface area contributed by atoms with Gasteiger partial charge in [0, 0.05) is 5.69 Å². The van der Waals surface area contributed by atoms with Crippen LogP contribution in [0.4, 0.5) is 5.69 Å². The van der Waals surface area contributed by atoms with E-state index in [1.165, 1.54) is 11.8 Å². The third-order valence-corrected chi connectivity index (χ3v) is 6.46. The van der Waals surface area contributed by atoms with Crippen LogP contribution in [0.5, 0.6) is 0 Å². The molecule has 1 atom stereocenters. The number of nitrogens with one attached hydrogen (secondary N) is 1. The molecule has 0 saturated heterocycles. The number of carbonyl (C=O) groups is 1. The molecule has 5 nitrogen and oxygen atoms in total. The van der Waals surface area contributed by atoms with E-state index in [0.29, 0.717) is 16.1 Å². The Labute approximate surface area is 191 Å². The summed E-state index contributed by atoms with van der Waals surface area (Å²) in [4.78, 5) is 31.2. The lowest BCUT2D eigenvalue weighted by Gasteiger charge is -2.18. The first-order valence-corrected chi connectivity index (χ1v) is 11.4. The van der Waals surface area contributed by atoms with Gasteiger partial charge in [0.1, 0.15) is 0 Å². The van der Waals surface area contributed by atoms with Crippen molar-refractivity contribution in [2.75, 3.05) is 5.32 Å². The van der Waals surface area contributed by atoms with Crippen LogP contribution in [0.2, 0.25) is 0 Å². The molecule has 0 fully saturated rings. The molecule has 1 amide bonds. The molecule has 4 aromatic rings. The lowest BCUT2D eigenvalue weighted by atomic mass is 10.1. The molecule has 162 valence electrons. The van der Waals surface area contributed by atoms with Gasteiger partial charge < -0.3 is 5.32 Å². The summed E-state index contributed by atoms with van der Waals surface area (Å²) in [6, 6.07) is 21.0. The van der Waals surface area contributed by atoms with Crippen molar-refractivity contribution in [1.82, 2.24) is 9.55 Å². The predicted octanol–water partition coefficient (Wildman–Crippen LogP) is 5.43. The van der Waals surface area contributed by atoms with E-state index in [2.05, 4.69) is 5.32 Å². The van der Waals surface area contributed by atoms with Crippen LogP contribution in [0.15, 0.2) is 76.7 Å². The lowest BCUT2D eigenvalue weighted by molar-refractivity contribution is -0.115. The van der Waals surface area contributed by atoms with Crippen LogP contribution >= 0.6 is 11.8 Å². The number of nitrogens with zero attached hydrogens (tertiary/aromatic N) is 2. The van der Waals surface area contributed by atoms with Crippen LogP contribution in [-0.4, -0.2) is 20.7 Å². The normalized spacial score (nSPS) is 12.0. The van der Waals surface area contributed by atoms with Crippen LogP contribution in [0.1, 0.15) is 23.6 Å². The molecule has 0 spiro atoms. The van der Waals surface area contributed by atoms with Gasteiger partial charge >= 0.3 is 0 Å². The fourth-order valence-electron chi connectivity index (χ4n) is 3.52. The Kier molecular flexibility index (Phi) is 6.15. The largest absolute Gasteiger partial charge is 0.325 e. The summed E-state index contributed by atoms with van der Waals surface area (Å²) in [6.07, 6.45) is 0. The van der Waals surface area contributed by atoms with Crippen molar-refractivity contribution in [2.45, 2.75) is 38.1 Å². The van der Waals surface area contributed by atoms with Crippen molar-refractivity contribution in [2.24, 2.45) is 0 Å². The maximum absolute atomic E-state index is 13.5. The Bertz CT molecular complexity index is 1380. The molecular weight excluding hydrogens is 418 g/mol. The van der Waals surface area contributed by atoms with E-state index >= 15 is 0 Å². The minimum Gasteiger partial charge on any atom is -0.325 e. The number of anilines is 1. The standard InChI is InChI=1S/C26H25N3O2S/c1-16-13-14-18(3)23(15-16)29-25(31)20-10-6-8-12-22(20)28-26(29)32-19(4)24(30)27-21-11-7-5-9-17(21)2/h5-15,19H,1-4H3,(H,27,30). The highest BCUT2D eigenvalue weighted by Gasteiger charge is 2.21. The van der Waals surface area contributed by atoms with Gasteiger partial charge in [-0.2, -0.15) is 0 Å². The highest BCUT2D eigenvalue weighted by atomic mass is 32.2. The van der Waals surface area contributed by atoms with Gasteiger partial charge in [-0.1, -0.05) is 54.2 Å². The quantitative estimate of drug-likeness (QED) is 0.330. The van der Waals surface area contributed by atoms with Crippen molar-refractivity contribution in [3.05, 3.63) is 93.8 Å². The number of carbonyl (C=O) groups excluding carboxylic acids is 1. The molecule has 0 aliphatic heterocycles. The number of para-hydroxylation sites is 2. The number of amides is 1. The second-order valence-corrected chi connectivity index (χ2v) is 9.21. The number of aryl methyl sites for hydroxylation is 3. The van der Waals surface area contributed by atoms with Crippen LogP contribution in [0, 0.1) is 20.8 Å². The summed E-state index contributed by atoms with van der Waals surface area (Å²) in [6.45, 7) is 7.75. The summed E-state index contributed by atoms with van der Waals surface area (Å²) in [5.41, 5.74) is 5.05. The Morgan fingerprint density at radius 2 is 1.69 bits per heavy atom. The van der Waals surface area contributed by atoms with Crippen molar-refractivity contribution < 1.29 is 4.79 Å². The van der Waals surface area contributed by atoms with Gasteiger partial charge in [-0.15, -0.1) is 0 Å². The smallest absolute Gasteiger partial charge is 0.266 e. The molecule has 1 aromatic heterocycles. The maximum atomic E-state index is 13.5. The fourth-order valence-corrected chi connectivity index (χ4v) is 4.44. The third-order valence-electron chi connectivity index (χ3n) is 5.40. The summed E-state index contributed by atoms with van der Waals surface area (Å²) < 4.78 is 1.63. The van der Waals surface area contributed by atoms with Crippen molar-refractivity contribution >= 4 is 34.3 Å². The van der Waals surface area contributed by atoms with Gasteiger partial charge in [0.25, 0.3) is 5.56 Å². The van der Waals surface area contributed by atoms with Crippen LogP contribution in [0.3, 0.4) is 0 Å². The molecule has 1 heterocycles. The van der Waals surface area contributed by atoms with Crippen LogP contribution in [0.25, 0.3) is 16.6 Å². The first-order chi connectivity index (χ1) is 15.3.